The van der Waals surface area contributed by atoms with E-state index >= 15 is 0 Å². The highest BCUT2D eigenvalue weighted by Crippen LogP contribution is 1.91. The van der Waals surface area contributed by atoms with Gasteiger partial charge < -0.3 is 15.2 Å². The van der Waals surface area contributed by atoms with E-state index < -0.39 is 0 Å². The normalized spacial score (nSPS) is 13.0. The minimum absolute atomic E-state index is 0.244. The van der Waals surface area contributed by atoms with Gasteiger partial charge in [0, 0.05) is 13.5 Å². The van der Waals surface area contributed by atoms with E-state index in [0.29, 0.717) is 6.61 Å². The van der Waals surface area contributed by atoms with Crippen LogP contribution in [0.1, 0.15) is 13.3 Å². The highest BCUT2D eigenvalue weighted by atomic mass is 16.7. The van der Waals surface area contributed by atoms with Crippen LogP contribution in [0.3, 0.4) is 0 Å². The Morgan fingerprint density at radius 3 is 2.70 bits per heavy atom. The number of carbonyl (C=O) groups is 1. The third kappa shape index (κ3) is 5.53. The van der Waals surface area contributed by atoms with Gasteiger partial charge in [-0.1, -0.05) is 0 Å². The summed E-state index contributed by atoms with van der Waals surface area (Å²) >= 11 is 0. The molecule has 1 atom stereocenters. The van der Waals surface area contributed by atoms with Gasteiger partial charge in [0.25, 0.3) is 0 Å². The van der Waals surface area contributed by atoms with E-state index in [1.807, 2.05) is 0 Å². The molecule has 0 heterocycles. The molecule has 0 saturated carbocycles. The van der Waals surface area contributed by atoms with Crippen molar-refractivity contribution < 1.29 is 14.3 Å². The smallest absolute Gasteiger partial charge is 0.219 e. The maximum atomic E-state index is 10.2. The third-order valence-electron chi connectivity index (χ3n) is 1.03. The first-order valence-corrected chi connectivity index (χ1v) is 3.09. The van der Waals surface area contributed by atoms with Crippen molar-refractivity contribution in [2.75, 3.05) is 13.7 Å². The zero-order valence-corrected chi connectivity index (χ0v) is 6.29. The predicted octanol–water partition coefficient (Wildman–Crippen LogP) is -0.129. The Bertz CT molecular complexity index is 105. The van der Waals surface area contributed by atoms with Crippen molar-refractivity contribution in [1.29, 1.82) is 0 Å². The molecule has 1 unspecified atom stereocenters. The Kier molecular flexibility index (Phi) is 4.88. The second-order valence-electron chi connectivity index (χ2n) is 1.89. The zero-order chi connectivity index (χ0) is 7.98. The van der Waals surface area contributed by atoms with E-state index in [9.17, 15) is 4.79 Å². The van der Waals surface area contributed by atoms with Gasteiger partial charge in [-0.05, 0) is 6.92 Å². The molecule has 2 N–H and O–H groups in total. The van der Waals surface area contributed by atoms with Gasteiger partial charge in [0.05, 0.1) is 6.61 Å². The van der Waals surface area contributed by atoms with E-state index in [-0.39, 0.29) is 18.6 Å². The van der Waals surface area contributed by atoms with Crippen molar-refractivity contribution in [3.05, 3.63) is 0 Å². The van der Waals surface area contributed by atoms with E-state index in [2.05, 4.69) is 0 Å². The zero-order valence-electron chi connectivity index (χ0n) is 6.29. The number of rotatable bonds is 5. The Morgan fingerprint density at radius 2 is 2.30 bits per heavy atom. The standard InChI is InChI=1S/C6H13NO3/c1-5(9-2)10-4-3-6(7)8/h5H,3-4H2,1-2H3,(H2,7,8). The molecule has 0 rings (SSSR count). The maximum absolute atomic E-state index is 10.2. The summed E-state index contributed by atoms with van der Waals surface area (Å²) in [5.74, 6) is -0.358. The first kappa shape index (κ1) is 9.39. The van der Waals surface area contributed by atoms with E-state index in [1.54, 1.807) is 6.92 Å². The van der Waals surface area contributed by atoms with Crippen LogP contribution in [0.15, 0.2) is 0 Å². The van der Waals surface area contributed by atoms with Crippen molar-refractivity contribution in [3.63, 3.8) is 0 Å². The van der Waals surface area contributed by atoms with Crippen LogP contribution in [0.2, 0.25) is 0 Å². The average Bonchev–Trinajstić information content (AvgIpc) is 1.87. The van der Waals surface area contributed by atoms with Gasteiger partial charge in [0.2, 0.25) is 5.91 Å². The van der Waals surface area contributed by atoms with Crippen LogP contribution in [0.4, 0.5) is 0 Å². The van der Waals surface area contributed by atoms with Gasteiger partial charge in [0.1, 0.15) is 0 Å². The van der Waals surface area contributed by atoms with Crippen LogP contribution in [-0.2, 0) is 14.3 Å². The first-order chi connectivity index (χ1) is 4.66. The van der Waals surface area contributed by atoms with Gasteiger partial charge in [-0.25, -0.2) is 0 Å². The third-order valence-corrected chi connectivity index (χ3v) is 1.03. The molecule has 4 nitrogen and oxygen atoms in total. The average molecular weight is 147 g/mol. The fraction of sp³-hybridized carbons (Fsp3) is 0.833. The Hall–Kier alpha value is -0.610. The summed E-state index contributed by atoms with van der Waals surface area (Å²) in [7, 11) is 1.54. The molecular weight excluding hydrogens is 134 g/mol. The van der Waals surface area contributed by atoms with Crippen LogP contribution in [0.5, 0.6) is 0 Å². The van der Waals surface area contributed by atoms with Crippen LogP contribution >= 0.6 is 0 Å². The van der Waals surface area contributed by atoms with Crippen molar-refractivity contribution in [1.82, 2.24) is 0 Å². The molecule has 4 heteroatoms. The number of ether oxygens (including phenoxy) is 2. The van der Waals surface area contributed by atoms with Crippen molar-refractivity contribution in [3.8, 4) is 0 Å². The number of amides is 1. The monoisotopic (exact) mass is 147 g/mol. The molecule has 0 aliphatic carbocycles. The summed E-state index contributed by atoms with van der Waals surface area (Å²) in [6.07, 6.45) is -0.0207. The molecule has 60 valence electrons. The molecule has 0 aromatic heterocycles. The van der Waals surface area contributed by atoms with Crippen LogP contribution in [0, 0.1) is 0 Å². The van der Waals surface area contributed by atoms with E-state index in [4.69, 9.17) is 15.2 Å². The van der Waals surface area contributed by atoms with E-state index in [1.165, 1.54) is 7.11 Å². The van der Waals surface area contributed by atoms with Gasteiger partial charge in [0.15, 0.2) is 6.29 Å². The summed E-state index contributed by atoms with van der Waals surface area (Å²) in [5, 5.41) is 0. The number of nitrogens with two attached hydrogens (primary N) is 1. The maximum Gasteiger partial charge on any atom is 0.219 e. The molecule has 10 heavy (non-hydrogen) atoms. The van der Waals surface area contributed by atoms with Gasteiger partial charge in [-0.3, -0.25) is 4.79 Å². The molecule has 0 saturated heterocycles. The van der Waals surface area contributed by atoms with Gasteiger partial charge >= 0.3 is 0 Å². The van der Waals surface area contributed by atoms with Crippen LogP contribution in [-0.4, -0.2) is 25.9 Å². The van der Waals surface area contributed by atoms with Gasteiger partial charge in [-0.2, -0.15) is 0 Å². The number of primary amides is 1. The Morgan fingerprint density at radius 1 is 1.70 bits per heavy atom. The molecule has 0 aromatic rings. The number of hydrogen-bond donors (Lipinski definition) is 1. The fourth-order valence-corrected chi connectivity index (χ4v) is 0.394. The number of methoxy groups -OCH3 is 1. The highest BCUT2D eigenvalue weighted by Gasteiger charge is 1.99. The minimum atomic E-state index is -0.358. The van der Waals surface area contributed by atoms with Crippen LogP contribution in [0.25, 0.3) is 0 Å². The Balaban J connectivity index is 3.11. The lowest BCUT2D eigenvalue weighted by Crippen LogP contribution is -2.17. The summed E-state index contributed by atoms with van der Waals surface area (Å²) in [6, 6.07) is 0. The molecule has 0 aliphatic heterocycles. The largest absolute Gasteiger partial charge is 0.370 e. The molecule has 0 fully saturated rings. The SMILES string of the molecule is COC(C)OCCC(N)=O. The van der Waals surface area contributed by atoms with Crippen molar-refractivity contribution in [2.24, 2.45) is 5.73 Å². The lowest BCUT2D eigenvalue weighted by atomic mass is 10.4. The molecule has 0 aliphatic rings. The van der Waals surface area contributed by atoms with Gasteiger partial charge in [-0.15, -0.1) is 0 Å². The summed E-state index contributed by atoms with van der Waals surface area (Å²) in [5.41, 5.74) is 4.86. The number of carbonyl (C=O) groups excluding carboxylic acids is 1. The topological polar surface area (TPSA) is 61.6 Å². The first-order valence-electron chi connectivity index (χ1n) is 3.09. The van der Waals surface area contributed by atoms with Crippen LogP contribution < -0.4 is 5.73 Å². The van der Waals surface area contributed by atoms with E-state index in [0.717, 1.165) is 0 Å². The molecule has 0 bridgehead atoms. The molecule has 0 radical (unpaired) electrons. The second kappa shape index (κ2) is 5.20. The summed E-state index contributed by atoms with van der Waals surface area (Å²) in [4.78, 5) is 10.2. The fourth-order valence-electron chi connectivity index (χ4n) is 0.394. The molecule has 1 amide bonds. The summed E-state index contributed by atoms with van der Waals surface area (Å²) < 4.78 is 9.74. The molecule has 0 aromatic carbocycles. The minimum Gasteiger partial charge on any atom is -0.370 e. The quantitative estimate of drug-likeness (QED) is 0.551. The second-order valence-corrected chi connectivity index (χ2v) is 1.89. The number of hydrogen-bond acceptors (Lipinski definition) is 3. The lowest BCUT2D eigenvalue weighted by Gasteiger charge is -2.08. The lowest BCUT2D eigenvalue weighted by molar-refractivity contribution is -0.128. The summed E-state index contributed by atoms with van der Waals surface area (Å²) in [6.45, 7) is 2.07. The molecular formula is C6H13NO3. The van der Waals surface area contributed by atoms with Crippen molar-refractivity contribution in [2.45, 2.75) is 19.6 Å². The molecule has 0 spiro atoms. The highest BCUT2D eigenvalue weighted by molar-refractivity contribution is 5.73. The predicted molar refractivity (Wildman–Crippen MR) is 36.2 cm³/mol. The van der Waals surface area contributed by atoms with Crippen molar-refractivity contribution >= 4 is 5.91 Å². The Labute approximate surface area is 60.3 Å².